The molecule has 3 fully saturated rings. The molecule has 0 aromatic heterocycles. The molecule has 302 valence electrons. The van der Waals surface area contributed by atoms with Gasteiger partial charge in [-0.2, -0.15) is 0 Å². The van der Waals surface area contributed by atoms with Gasteiger partial charge in [0.1, 0.15) is 29.5 Å². The Morgan fingerprint density at radius 1 is 0.845 bits per heavy atom. The van der Waals surface area contributed by atoms with E-state index in [1.165, 1.54) is 26.0 Å². The molecule has 2 radical (unpaired) electrons. The van der Waals surface area contributed by atoms with E-state index < -0.39 is 101 Å². The molecule has 58 heavy (non-hydrogen) atoms. The van der Waals surface area contributed by atoms with E-state index in [-0.39, 0.29) is 123 Å². The molecule has 1 unspecified atom stereocenters. The van der Waals surface area contributed by atoms with Crippen molar-refractivity contribution in [1.29, 1.82) is 0 Å². The quantitative estimate of drug-likeness (QED) is 0.142. The number of ether oxygens (including phenoxy) is 3. The molecular weight excluding hydrogens is 1180 g/mol. The van der Waals surface area contributed by atoms with Crippen molar-refractivity contribution in [2.24, 2.45) is 16.7 Å². The maximum Gasteiger partial charge on any atom is 0.338 e. The number of benzene rings is 3. The summed E-state index contributed by atoms with van der Waals surface area (Å²) in [4.78, 5) is 56.0. The molecule has 1 aliphatic heterocycles. The van der Waals surface area contributed by atoms with Crippen molar-refractivity contribution in [2.75, 3.05) is 6.61 Å². The number of amides is 1. The van der Waals surface area contributed by atoms with Crippen LogP contribution in [0.1, 0.15) is 72.9 Å². The van der Waals surface area contributed by atoms with Gasteiger partial charge in [-0.25, -0.2) is 9.59 Å². The van der Waals surface area contributed by atoms with Crippen molar-refractivity contribution >= 4 is 23.6 Å². The van der Waals surface area contributed by atoms with Crippen molar-refractivity contribution < 1.29 is 147 Å². The molecule has 11 atom stereocenters. The SMILES string of the molecule is CC1=C2[C@@H](O)C(=O)[C@@]3(C)[C@H]([C@H](OC(=O)c4ccccc4)[C@](O)(CC1OC(=O)[C@H](O)[C@@H](NC(=O)c1ccccc1)c1ccccc1)C2(C)C)[C@]1(O)CO[C@@H]1C[C@@H]3O.[Ac].[Ac]. The molecule has 1 amide bonds. The van der Waals surface area contributed by atoms with E-state index in [0.29, 0.717) is 5.56 Å². The third-order valence-electron chi connectivity index (χ3n) is 12.9. The molecule has 15 heteroatoms. The van der Waals surface area contributed by atoms with Gasteiger partial charge >= 0.3 is 11.9 Å². The predicted molar refractivity (Wildman–Crippen MR) is 199 cm³/mol. The number of rotatable bonds is 8. The number of ketones is 1. The first-order chi connectivity index (χ1) is 26.5. The van der Waals surface area contributed by atoms with Crippen molar-refractivity contribution in [3.63, 3.8) is 0 Å². The molecule has 2 bridgehead atoms. The molecule has 2 saturated carbocycles. The summed E-state index contributed by atoms with van der Waals surface area (Å²) in [5.41, 5.74) is -6.83. The summed E-state index contributed by atoms with van der Waals surface area (Å²) in [6.45, 7) is 5.72. The Bertz CT molecular complexity index is 2050. The van der Waals surface area contributed by atoms with E-state index in [2.05, 4.69) is 5.32 Å². The first-order valence-electron chi connectivity index (χ1n) is 18.7. The summed E-state index contributed by atoms with van der Waals surface area (Å²) < 4.78 is 17.9. The monoisotopic (exact) mass is 1220 g/mol. The summed E-state index contributed by atoms with van der Waals surface area (Å²) in [6.07, 6.45) is -10.3. The Morgan fingerprint density at radius 3 is 1.95 bits per heavy atom. The van der Waals surface area contributed by atoms with Crippen molar-refractivity contribution in [1.82, 2.24) is 5.32 Å². The smallest absolute Gasteiger partial charge is 0.338 e. The molecule has 3 aromatic rings. The van der Waals surface area contributed by atoms with Crippen LogP contribution in [0.4, 0.5) is 0 Å². The summed E-state index contributed by atoms with van der Waals surface area (Å²) >= 11 is 0. The van der Waals surface area contributed by atoms with Gasteiger partial charge < -0.3 is 45.1 Å². The van der Waals surface area contributed by atoms with Crippen molar-refractivity contribution in [3.05, 3.63) is 119 Å². The molecule has 13 nitrogen and oxygen atoms in total. The van der Waals surface area contributed by atoms with Crippen LogP contribution < -0.4 is 5.32 Å². The van der Waals surface area contributed by atoms with Crippen LogP contribution in [0.3, 0.4) is 0 Å². The van der Waals surface area contributed by atoms with Gasteiger partial charge in [0.25, 0.3) is 5.91 Å². The topological polar surface area (TPSA) is 209 Å². The summed E-state index contributed by atoms with van der Waals surface area (Å²) in [7, 11) is 0. The second-order valence-corrected chi connectivity index (χ2v) is 16.2. The van der Waals surface area contributed by atoms with Gasteiger partial charge in [-0.15, -0.1) is 0 Å². The number of fused-ring (bicyclic) bond motifs is 5. The Labute approximate surface area is 408 Å². The Balaban J connectivity index is 0.00000320. The number of hydrogen-bond donors (Lipinski definition) is 6. The summed E-state index contributed by atoms with van der Waals surface area (Å²) in [5, 5.41) is 63.6. The summed E-state index contributed by atoms with van der Waals surface area (Å²) in [6, 6.07) is 23.2. The molecule has 1 saturated heterocycles. The third kappa shape index (κ3) is 7.78. The molecule has 7 rings (SSSR count). The standard InChI is InChI=1S/C43H47NO12.2Ac/c1-23-27(55-39(51)33(47)31(24-14-8-5-9-15-24)44-37(49)25-16-10-6-11-17-25)21-43(53)36(56-38(50)26-18-12-7-13-19-26)34-41(4,28(45)20-29-42(34,52)22-54-29)35(48)32(46)30(23)40(43,2)3;;/h5-19,27-29,31-34,36,45-47,52-53H,20-22H2,1-4H3,(H,44,49);;/t27?,28-,29+,31-,32+,33+,34-,36-,41+,42-,43+;;/m0../s1. The van der Waals surface area contributed by atoms with Crippen molar-refractivity contribution in [2.45, 2.75) is 94.4 Å². The minimum atomic E-state index is -2.30. The number of nitrogens with one attached hydrogen (secondary N) is 1. The second kappa shape index (κ2) is 17.8. The van der Waals surface area contributed by atoms with Gasteiger partial charge in [-0.05, 0) is 54.8 Å². The second-order valence-electron chi connectivity index (χ2n) is 16.2. The maximum atomic E-state index is 14.7. The summed E-state index contributed by atoms with van der Waals surface area (Å²) in [5.74, 6) is -5.07. The fraction of sp³-hybridized carbons (Fsp3) is 0.442. The van der Waals surface area contributed by atoms with E-state index in [1.54, 1.807) is 92.7 Å². The van der Waals surface area contributed by atoms with E-state index in [1.807, 2.05) is 0 Å². The Hall–Kier alpha value is -1.88. The van der Waals surface area contributed by atoms with Crippen LogP contribution in [0.5, 0.6) is 0 Å². The van der Waals surface area contributed by atoms with Gasteiger partial charge in [-0.3, -0.25) is 9.59 Å². The molecule has 3 aromatic carbocycles. The van der Waals surface area contributed by atoms with Crippen LogP contribution in [0, 0.1) is 105 Å². The number of esters is 2. The number of hydrogen-bond acceptors (Lipinski definition) is 12. The van der Waals surface area contributed by atoms with E-state index >= 15 is 0 Å². The molecular formula is C43H47Ac2NO12. The van der Waals surface area contributed by atoms with Crippen molar-refractivity contribution in [3.8, 4) is 0 Å². The zero-order valence-electron chi connectivity index (χ0n) is 32.6. The van der Waals surface area contributed by atoms with Gasteiger partial charge in [0.05, 0.1) is 35.8 Å². The van der Waals surface area contributed by atoms with Crippen LogP contribution in [0.15, 0.2) is 102 Å². The van der Waals surface area contributed by atoms with Crippen LogP contribution in [0.2, 0.25) is 0 Å². The van der Waals surface area contributed by atoms with Gasteiger partial charge in [0.15, 0.2) is 11.9 Å². The number of carbonyl (C=O) groups is 4. The first kappa shape index (κ1) is 47.2. The Morgan fingerprint density at radius 2 is 1.40 bits per heavy atom. The molecule has 0 spiro atoms. The fourth-order valence-corrected chi connectivity index (χ4v) is 9.54. The average molecular weight is 1220 g/mol. The van der Waals surface area contributed by atoms with Crippen LogP contribution in [-0.4, -0.2) is 104 Å². The molecule has 6 N–H and O–H groups in total. The number of aliphatic hydroxyl groups is 5. The largest absolute Gasteiger partial charge is 0.456 e. The molecule has 3 aliphatic carbocycles. The van der Waals surface area contributed by atoms with Gasteiger partial charge in [0, 0.05) is 118 Å². The zero-order chi connectivity index (χ0) is 40.4. The van der Waals surface area contributed by atoms with Gasteiger partial charge in [-0.1, -0.05) is 80.6 Å². The van der Waals surface area contributed by atoms with Crippen LogP contribution in [-0.2, 0) is 23.8 Å². The van der Waals surface area contributed by atoms with Crippen LogP contribution in [0.25, 0.3) is 0 Å². The van der Waals surface area contributed by atoms with E-state index in [0.717, 1.165) is 0 Å². The number of carbonyl (C=O) groups excluding carboxylic acids is 4. The minimum absolute atomic E-state index is 0. The third-order valence-corrected chi connectivity index (χ3v) is 12.9. The number of Topliss-reactive ketones (excluding diaryl/α,β-unsaturated/α-hetero) is 1. The van der Waals surface area contributed by atoms with E-state index in [4.69, 9.17) is 14.2 Å². The maximum absolute atomic E-state index is 14.7. The average Bonchev–Trinajstić information content (AvgIpc) is 3.19. The van der Waals surface area contributed by atoms with Gasteiger partial charge in [0.2, 0.25) is 0 Å². The predicted octanol–water partition coefficient (Wildman–Crippen LogP) is 2.59. The van der Waals surface area contributed by atoms with Crippen LogP contribution >= 0.6 is 0 Å². The molecule has 4 aliphatic rings. The minimum Gasteiger partial charge on any atom is -0.456 e. The normalized spacial score (nSPS) is 33.1. The zero-order valence-corrected chi connectivity index (χ0v) is 42.1. The number of aliphatic hydroxyl groups excluding tert-OH is 3. The fourth-order valence-electron chi connectivity index (χ4n) is 9.54. The van der Waals surface area contributed by atoms with E-state index in [9.17, 15) is 44.7 Å². The first-order valence-corrected chi connectivity index (χ1v) is 18.7. The molecule has 1 heterocycles. The Kier molecular flexibility index (Phi) is 14.5.